The third-order valence-electron chi connectivity index (χ3n) is 2.19. The summed E-state index contributed by atoms with van der Waals surface area (Å²) in [5.74, 6) is 6.30. The van der Waals surface area contributed by atoms with Gasteiger partial charge in [-0.1, -0.05) is 0 Å². The van der Waals surface area contributed by atoms with Crippen molar-refractivity contribution in [2.24, 2.45) is 0 Å². The first kappa shape index (κ1) is 10.3. The summed E-state index contributed by atoms with van der Waals surface area (Å²) in [6, 6.07) is 2.09. The predicted molar refractivity (Wildman–Crippen MR) is 54.5 cm³/mol. The molecule has 0 bridgehead atoms. The number of imidazole rings is 1. The molecule has 0 aliphatic carbocycles. The van der Waals surface area contributed by atoms with E-state index in [1.807, 2.05) is 25.3 Å². The van der Waals surface area contributed by atoms with Crippen LogP contribution in [0.3, 0.4) is 0 Å². The number of hydrogen-bond donors (Lipinski definition) is 0. The van der Waals surface area contributed by atoms with Gasteiger partial charge in [-0.05, 0) is 20.8 Å². The van der Waals surface area contributed by atoms with Crippen molar-refractivity contribution in [3.8, 4) is 17.9 Å². The van der Waals surface area contributed by atoms with Crippen LogP contribution in [0.2, 0.25) is 0 Å². The van der Waals surface area contributed by atoms with Gasteiger partial charge in [0.05, 0.1) is 5.69 Å². The summed E-state index contributed by atoms with van der Waals surface area (Å²) in [5, 5.41) is 8.84. The molecule has 0 amide bonds. The lowest BCUT2D eigenvalue weighted by Crippen LogP contribution is -2.02. The smallest absolute Gasteiger partial charge is 0.213 e. The standard InChI is InChI=1S/C11H13N3/c1-4-5-6-7-14-10(3)9(2)13-11(14)8-12/h6-7H2,1-3H3. The molecule has 0 atom stereocenters. The van der Waals surface area contributed by atoms with Crippen LogP contribution in [-0.2, 0) is 6.54 Å². The molecule has 1 rings (SSSR count). The second kappa shape index (κ2) is 4.48. The van der Waals surface area contributed by atoms with Gasteiger partial charge in [0.25, 0.3) is 0 Å². The van der Waals surface area contributed by atoms with Gasteiger partial charge in [-0.15, -0.1) is 11.8 Å². The van der Waals surface area contributed by atoms with Crippen LogP contribution in [0.5, 0.6) is 0 Å². The zero-order chi connectivity index (χ0) is 10.6. The van der Waals surface area contributed by atoms with E-state index in [0.29, 0.717) is 5.82 Å². The Balaban J connectivity index is 2.93. The van der Waals surface area contributed by atoms with E-state index in [0.717, 1.165) is 24.4 Å². The number of nitrogens with zero attached hydrogens (tertiary/aromatic N) is 3. The van der Waals surface area contributed by atoms with Crippen LogP contribution in [-0.4, -0.2) is 9.55 Å². The van der Waals surface area contributed by atoms with Gasteiger partial charge in [0.15, 0.2) is 0 Å². The Kier molecular flexibility index (Phi) is 3.31. The Morgan fingerprint density at radius 3 is 2.71 bits per heavy atom. The lowest BCUT2D eigenvalue weighted by atomic mass is 10.3. The molecule has 0 spiro atoms. The summed E-state index contributed by atoms with van der Waals surface area (Å²) >= 11 is 0. The molecule has 0 radical (unpaired) electrons. The Bertz CT molecular complexity index is 424. The molecule has 0 aromatic carbocycles. The van der Waals surface area contributed by atoms with E-state index >= 15 is 0 Å². The van der Waals surface area contributed by atoms with Crippen molar-refractivity contribution in [2.75, 3.05) is 0 Å². The minimum atomic E-state index is 0.484. The Hall–Kier alpha value is -1.74. The fourth-order valence-corrected chi connectivity index (χ4v) is 1.31. The Morgan fingerprint density at radius 2 is 2.14 bits per heavy atom. The van der Waals surface area contributed by atoms with Crippen molar-refractivity contribution in [3.05, 3.63) is 17.2 Å². The van der Waals surface area contributed by atoms with E-state index in [9.17, 15) is 0 Å². The van der Waals surface area contributed by atoms with Crippen LogP contribution in [0.4, 0.5) is 0 Å². The van der Waals surface area contributed by atoms with Crippen molar-refractivity contribution in [2.45, 2.75) is 33.7 Å². The van der Waals surface area contributed by atoms with Crippen LogP contribution >= 0.6 is 0 Å². The molecule has 0 unspecified atom stereocenters. The van der Waals surface area contributed by atoms with Crippen LogP contribution in [0.1, 0.15) is 30.6 Å². The first-order valence-corrected chi connectivity index (χ1v) is 4.54. The highest BCUT2D eigenvalue weighted by molar-refractivity contribution is 5.22. The van der Waals surface area contributed by atoms with Gasteiger partial charge < -0.3 is 4.57 Å². The zero-order valence-corrected chi connectivity index (χ0v) is 8.76. The normalized spacial score (nSPS) is 9.00. The first-order chi connectivity index (χ1) is 6.70. The molecular formula is C11H13N3. The number of hydrogen-bond acceptors (Lipinski definition) is 2. The fourth-order valence-electron chi connectivity index (χ4n) is 1.31. The summed E-state index contributed by atoms with van der Waals surface area (Å²) in [6.45, 7) is 6.45. The maximum atomic E-state index is 8.84. The highest BCUT2D eigenvalue weighted by atomic mass is 15.1. The molecule has 1 heterocycles. The van der Waals surface area contributed by atoms with Crippen LogP contribution in [0.15, 0.2) is 0 Å². The molecule has 0 saturated carbocycles. The third-order valence-corrected chi connectivity index (χ3v) is 2.19. The number of nitriles is 1. The van der Waals surface area contributed by atoms with Gasteiger partial charge >= 0.3 is 0 Å². The SMILES string of the molecule is CC#CCCn1c(C#N)nc(C)c1C. The van der Waals surface area contributed by atoms with Gasteiger partial charge in [-0.2, -0.15) is 5.26 Å². The minimum Gasteiger partial charge on any atom is -0.319 e. The number of rotatable bonds is 2. The van der Waals surface area contributed by atoms with Crippen molar-refractivity contribution >= 4 is 0 Å². The Morgan fingerprint density at radius 1 is 1.43 bits per heavy atom. The molecule has 3 nitrogen and oxygen atoms in total. The highest BCUT2D eigenvalue weighted by Gasteiger charge is 2.08. The quantitative estimate of drug-likeness (QED) is 0.662. The van der Waals surface area contributed by atoms with E-state index in [1.165, 1.54) is 0 Å². The van der Waals surface area contributed by atoms with E-state index in [1.54, 1.807) is 0 Å². The molecule has 3 heteroatoms. The molecule has 14 heavy (non-hydrogen) atoms. The lowest BCUT2D eigenvalue weighted by molar-refractivity contribution is 0.687. The molecule has 0 N–H and O–H groups in total. The van der Waals surface area contributed by atoms with Gasteiger partial charge in [-0.25, -0.2) is 4.98 Å². The summed E-state index contributed by atoms with van der Waals surface area (Å²) in [6.07, 6.45) is 0.766. The van der Waals surface area contributed by atoms with Crippen molar-refractivity contribution < 1.29 is 0 Å². The van der Waals surface area contributed by atoms with Gasteiger partial charge in [0, 0.05) is 18.7 Å². The summed E-state index contributed by atoms with van der Waals surface area (Å²) in [5.41, 5.74) is 1.98. The van der Waals surface area contributed by atoms with Crippen molar-refractivity contribution in [3.63, 3.8) is 0 Å². The molecule has 72 valence electrons. The average Bonchev–Trinajstić information content (AvgIpc) is 2.45. The number of aryl methyl sites for hydroxylation is 1. The first-order valence-electron chi connectivity index (χ1n) is 4.54. The maximum absolute atomic E-state index is 8.84. The zero-order valence-electron chi connectivity index (χ0n) is 8.76. The van der Waals surface area contributed by atoms with Gasteiger partial charge in [0.1, 0.15) is 6.07 Å². The molecule has 0 fully saturated rings. The maximum Gasteiger partial charge on any atom is 0.213 e. The Labute approximate surface area is 84.4 Å². The fraction of sp³-hybridized carbons (Fsp3) is 0.455. The minimum absolute atomic E-state index is 0.484. The van der Waals surface area contributed by atoms with Gasteiger partial charge in [-0.3, -0.25) is 0 Å². The predicted octanol–water partition coefficient (Wildman–Crippen LogP) is 1.79. The molecular weight excluding hydrogens is 174 g/mol. The topological polar surface area (TPSA) is 41.6 Å². The second-order valence-electron chi connectivity index (χ2n) is 3.05. The van der Waals surface area contributed by atoms with Crippen molar-refractivity contribution in [1.82, 2.24) is 9.55 Å². The summed E-state index contributed by atoms with van der Waals surface area (Å²) in [7, 11) is 0. The van der Waals surface area contributed by atoms with E-state index in [4.69, 9.17) is 5.26 Å². The van der Waals surface area contributed by atoms with E-state index in [-0.39, 0.29) is 0 Å². The monoisotopic (exact) mass is 187 g/mol. The van der Waals surface area contributed by atoms with Crippen molar-refractivity contribution in [1.29, 1.82) is 5.26 Å². The third kappa shape index (κ3) is 1.95. The van der Waals surface area contributed by atoms with Crippen LogP contribution < -0.4 is 0 Å². The number of aromatic nitrogens is 2. The molecule has 0 aliphatic heterocycles. The largest absolute Gasteiger partial charge is 0.319 e. The molecule has 1 aromatic heterocycles. The van der Waals surface area contributed by atoms with E-state index in [2.05, 4.69) is 22.9 Å². The van der Waals surface area contributed by atoms with E-state index < -0.39 is 0 Å². The summed E-state index contributed by atoms with van der Waals surface area (Å²) < 4.78 is 1.92. The second-order valence-corrected chi connectivity index (χ2v) is 3.05. The lowest BCUT2D eigenvalue weighted by Gasteiger charge is -2.02. The van der Waals surface area contributed by atoms with Crippen LogP contribution in [0.25, 0.3) is 0 Å². The molecule has 0 aliphatic rings. The summed E-state index contributed by atoms with van der Waals surface area (Å²) in [4.78, 5) is 4.16. The van der Waals surface area contributed by atoms with Gasteiger partial charge in [0.2, 0.25) is 5.82 Å². The highest BCUT2D eigenvalue weighted by Crippen LogP contribution is 2.09. The average molecular weight is 187 g/mol. The van der Waals surface area contributed by atoms with Crippen LogP contribution in [0, 0.1) is 37.0 Å². The molecule has 0 saturated heterocycles. The molecule has 1 aromatic rings.